The zero-order chi connectivity index (χ0) is 15.5. The number of furan rings is 1. The molecular weight excluding hydrogens is 288 g/mol. The van der Waals surface area contributed by atoms with E-state index < -0.39 is 10.0 Å². The number of anilines is 1. The summed E-state index contributed by atoms with van der Waals surface area (Å²) in [6.07, 6.45) is 0. The van der Waals surface area contributed by atoms with Crippen LogP contribution in [0.3, 0.4) is 0 Å². The van der Waals surface area contributed by atoms with Crippen LogP contribution in [0.15, 0.2) is 45.9 Å². The van der Waals surface area contributed by atoms with Gasteiger partial charge in [0.15, 0.2) is 0 Å². The molecule has 2 N–H and O–H groups in total. The van der Waals surface area contributed by atoms with Gasteiger partial charge in [-0.3, -0.25) is 4.72 Å². The fraction of sp³-hybridized carbons (Fsp3) is 0.333. The largest absolute Gasteiger partial charge is 0.446 e. The minimum atomic E-state index is -3.70. The summed E-state index contributed by atoms with van der Waals surface area (Å²) in [6.45, 7) is 4.60. The fourth-order valence-corrected chi connectivity index (χ4v) is 2.94. The summed E-state index contributed by atoms with van der Waals surface area (Å²) >= 11 is 0. The lowest BCUT2D eigenvalue weighted by atomic mass is 10.0. The molecular formula is C15H20N2O3S. The van der Waals surface area contributed by atoms with Crippen molar-refractivity contribution < 1.29 is 12.8 Å². The van der Waals surface area contributed by atoms with Crippen molar-refractivity contribution >= 4 is 15.7 Å². The van der Waals surface area contributed by atoms with E-state index >= 15 is 0 Å². The number of benzene rings is 1. The number of nitrogens with one attached hydrogen (secondary N) is 2. The number of rotatable bonds is 6. The van der Waals surface area contributed by atoms with Gasteiger partial charge in [-0.1, -0.05) is 26.0 Å². The summed E-state index contributed by atoms with van der Waals surface area (Å²) in [6, 6.07) is 10.5. The van der Waals surface area contributed by atoms with Gasteiger partial charge >= 0.3 is 0 Å². The van der Waals surface area contributed by atoms with Gasteiger partial charge in [0.25, 0.3) is 10.0 Å². The maximum absolute atomic E-state index is 12.3. The van der Waals surface area contributed by atoms with E-state index in [0.717, 1.165) is 5.56 Å². The fourth-order valence-electron chi connectivity index (χ4n) is 1.94. The van der Waals surface area contributed by atoms with Crippen molar-refractivity contribution in [3.63, 3.8) is 0 Å². The van der Waals surface area contributed by atoms with Crippen LogP contribution in [0.5, 0.6) is 0 Å². The standard InChI is InChI=1S/C15H20N2O3S/c1-11(2)12-5-4-6-13(9-12)17-21(18,19)15-8-7-14(20-15)10-16-3/h4-9,11,16-17H,10H2,1-3H3. The molecule has 1 aromatic heterocycles. The minimum Gasteiger partial charge on any atom is -0.446 e. The van der Waals surface area contributed by atoms with E-state index in [1.165, 1.54) is 6.07 Å². The third kappa shape index (κ3) is 3.86. The molecule has 6 heteroatoms. The van der Waals surface area contributed by atoms with Gasteiger partial charge in [-0.05, 0) is 42.8 Å². The summed E-state index contributed by atoms with van der Waals surface area (Å²) < 4.78 is 32.4. The van der Waals surface area contributed by atoms with Crippen LogP contribution in [-0.2, 0) is 16.6 Å². The summed E-state index contributed by atoms with van der Waals surface area (Å²) in [5.74, 6) is 0.911. The second kappa shape index (κ2) is 6.32. The first-order valence-electron chi connectivity index (χ1n) is 6.78. The number of hydrogen-bond donors (Lipinski definition) is 2. The molecule has 1 aromatic carbocycles. The second-order valence-electron chi connectivity index (χ2n) is 5.14. The summed E-state index contributed by atoms with van der Waals surface area (Å²) in [4.78, 5) is 0. The highest BCUT2D eigenvalue weighted by Gasteiger charge is 2.19. The predicted molar refractivity (Wildman–Crippen MR) is 82.8 cm³/mol. The van der Waals surface area contributed by atoms with Crippen LogP contribution in [-0.4, -0.2) is 15.5 Å². The normalized spacial score (nSPS) is 11.8. The van der Waals surface area contributed by atoms with Crippen LogP contribution < -0.4 is 10.0 Å². The Morgan fingerprint density at radius 1 is 1.19 bits per heavy atom. The van der Waals surface area contributed by atoms with Gasteiger partial charge in [0, 0.05) is 5.69 Å². The number of hydrogen-bond acceptors (Lipinski definition) is 4. The van der Waals surface area contributed by atoms with E-state index in [4.69, 9.17) is 4.42 Å². The topological polar surface area (TPSA) is 71.3 Å². The third-order valence-electron chi connectivity index (χ3n) is 3.06. The maximum Gasteiger partial charge on any atom is 0.295 e. The average molecular weight is 308 g/mol. The molecule has 0 aliphatic carbocycles. The zero-order valence-electron chi connectivity index (χ0n) is 12.4. The van der Waals surface area contributed by atoms with Crippen LogP contribution in [0.4, 0.5) is 5.69 Å². The highest BCUT2D eigenvalue weighted by Crippen LogP contribution is 2.22. The molecule has 0 unspecified atom stereocenters. The molecule has 114 valence electrons. The molecule has 0 spiro atoms. The molecule has 0 saturated carbocycles. The van der Waals surface area contributed by atoms with Gasteiger partial charge in [-0.15, -0.1) is 0 Å². The lowest BCUT2D eigenvalue weighted by Gasteiger charge is -2.09. The Morgan fingerprint density at radius 3 is 2.62 bits per heavy atom. The lowest BCUT2D eigenvalue weighted by molar-refractivity contribution is 0.408. The summed E-state index contributed by atoms with van der Waals surface area (Å²) in [5, 5.41) is 2.83. The van der Waals surface area contributed by atoms with E-state index in [1.807, 2.05) is 18.2 Å². The summed E-state index contributed by atoms with van der Waals surface area (Å²) in [5.41, 5.74) is 1.61. The quantitative estimate of drug-likeness (QED) is 0.860. The van der Waals surface area contributed by atoms with Gasteiger partial charge in [0.1, 0.15) is 5.76 Å². The molecule has 2 aromatic rings. The van der Waals surface area contributed by atoms with Gasteiger partial charge in [-0.2, -0.15) is 8.42 Å². The van der Waals surface area contributed by atoms with Gasteiger partial charge < -0.3 is 9.73 Å². The molecule has 0 aliphatic heterocycles. The van der Waals surface area contributed by atoms with Crippen molar-refractivity contribution in [1.82, 2.24) is 5.32 Å². The Labute approximate surface area is 125 Å². The molecule has 2 rings (SSSR count). The van der Waals surface area contributed by atoms with Crippen molar-refractivity contribution in [3.8, 4) is 0 Å². The Bertz CT molecular complexity index is 705. The molecule has 0 bridgehead atoms. The monoisotopic (exact) mass is 308 g/mol. The summed E-state index contributed by atoms with van der Waals surface area (Å²) in [7, 11) is -1.93. The van der Waals surface area contributed by atoms with E-state index in [9.17, 15) is 8.42 Å². The van der Waals surface area contributed by atoms with Crippen LogP contribution >= 0.6 is 0 Å². The first-order valence-corrected chi connectivity index (χ1v) is 8.27. The van der Waals surface area contributed by atoms with Crippen LogP contribution in [0.25, 0.3) is 0 Å². The Balaban J connectivity index is 2.22. The van der Waals surface area contributed by atoms with Gasteiger partial charge in [0.05, 0.1) is 6.54 Å². The molecule has 0 fully saturated rings. The Hall–Kier alpha value is -1.79. The highest BCUT2D eigenvalue weighted by molar-refractivity contribution is 7.92. The Morgan fingerprint density at radius 2 is 1.95 bits per heavy atom. The van der Waals surface area contributed by atoms with E-state index in [0.29, 0.717) is 23.9 Å². The van der Waals surface area contributed by atoms with Crippen molar-refractivity contribution in [2.45, 2.75) is 31.4 Å². The van der Waals surface area contributed by atoms with Gasteiger partial charge in [-0.25, -0.2) is 0 Å². The zero-order valence-corrected chi connectivity index (χ0v) is 13.2. The molecule has 0 atom stereocenters. The molecule has 0 saturated heterocycles. The average Bonchev–Trinajstić information content (AvgIpc) is 2.88. The van der Waals surface area contributed by atoms with E-state index in [1.54, 1.807) is 19.2 Å². The highest BCUT2D eigenvalue weighted by atomic mass is 32.2. The Kier molecular flexibility index (Phi) is 4.69. The molecule has 5 nitrogen and oxygen atoms in total. The number of sulfonamides is 1. The maximum atomic E-state index is 12.3. The minimum absolute atomic E-state index is 0.0808. The predicted octanol–water partition coefficient (Wildman–Crippen LogP) is 2.92. The van der Waals surface area contributed by atoms with Crippen molar-refractivity contribution in [3.05, 3.63) is 47.7 Å². The SMILES string of the molecule is CNCc1ccc(S(=O)(=O)Nc2cccc(C(C)C)c2)o1. The van der Waals surface area contributed by atoms with Crippen molar-refractivity contribution in [2.75, 3.05) is 11.8 Å². The van der Waals surface area contributed by atoms with Gasteiger partial charge in [0.2, 0.25) is 5.09 Å². The lowest BCUT2D eigenvalue weighted by Crippen LogP contribution is -2.12. The first kappa shape index (κ1) is 15.6. The first-order chi connectivity index (χ1) is 9.92. The molecule has 0 radical (unpaired) electrons. The smallest absolute Gasteiger partial charge is 0.295 e. The van der Waals surface area contributed by atoms with Crippen LogP contribution in [0, 0.1) is 0 Å². The van der Waals surface area contributed by atoms with E-state index in [-0.39, 0.29) is 5.09 Å². The molecule has 1 heterocycles. The van der Waals surface area contributed by atoms with E-state index in [2.05, 4.69) is 23.9 Å². The molecule has 21 heavy (non-hydrogen) atoms. The third-order valence-corrected chi connectivity index (χ3v) is 4.31. The van der Waals surface area contributed by atoms with Crippen LogP contribution in [0.1, 0.15) is 31.1 Å². The molecule has 0 amide bonds. The molecule has 0 aliphatic rings. The van der Waals surface area contributed by atoms with Crippen molar-refractivity contribution in [1.29, 1.82) is 0 Å². The second-order valence-corrected chi connectivity index (χ2v) is 6.75. The van der Waals surface area contributed by atoms with Crippen molar-refractivity contribution in [2.24, 2.45) is 0 Å². The van der Waals surface area contributed by atoms with Crippen LogP contribution in [0.2, 0.25) is 0 Å².